The van der Waals surface area contributed by atoms with Crippen molar-refractivity contribution in [3.8, 4) is 0 Å². The quantitative estimate of drug-likeness (QED) is 0.777. The normalized spacial score (nSPS) is 31.5. The molecule has 100 valence electrons. The smallest absolute Gasteiger partial charge is 0.279 e. The van der Waals surface area contributed by atoms with Gasteiger partial charge in [-0.25, -0.2) is 0 Å². The number of nitrogens with one attached hydrogen (secondary N) is 1. The van der Waals surface area contributed by atoms with Crippen molar-refractivity contribution in [2.75, 3.05) is 7.05 Å². The molecule has 0 atom stereocenters. The van der Waals surface area contributed by atoms with Gasteiger partial charge in [-0.2, -0.15) is 17.4 Å². The van der Waals surface area contributed by atoms with E-state index in [-0.39, 0.29) is 18.1 Å². The first-order valence-corrected chi connectivity index (χ1v) is 7.94. The Morgan fingerprint density at radius 3 is 2.29 bits per heavy atom. The molecule has 0 aromatic carbocycles. The summed E-state index contributed by atoms with van der Waals surface area (Å²) >= 11 is 0. The summed E-state index contributed by atoms with van der Waals surface area (Å²) in [6.07, 6.45) is 7.01. The molecule has 6 heteroatoms. The van der Waals surface area contributed by atoms with Crippen LogP contribution in [0, 0.1) is 0 Å². The summed E-state index contributed by atoms with van der Waals surface area (Å²) in [5.74, 6) is 0. The maximum atomic E-state index is 12.1. The number of nitrogens with two attached hydrogens (primary N) is 1. The number of hydrogen-bond acceptors (Lipinski definition) is 3. The van der Waals surface area contributed by atoms with Gasteiger partial charge in [0, 0.05) is 25.2 Å². The lowest BCUT2D eigenvalue weighted by Gasteiger charge is -2.36. The highest BCUT2D eigenvalue weighted by atomic mass is 32.2. The molecule has 0 aromatic rings. The van der Waals surface area contributed by atoms with Crippen LogP contribution >= 0.6 is 0 Å². The molecule has 0 amide bonds. The maximum Gasteiger partial charge on any atom is 0.279 e. The van der Waals surface area contributed by atoms with Gasteiger partial charge < -0.3 is 5.73 Å². The third-order valence-electron chi connectivity index (χ3n) is 3.96. The standard InChI is InChI=1S/C11H23N3O2S/c1-14(11-5-3-2-4-6-11)17(15,16)13-10-7-9(12)8-10/h9-11,13H,2-8,12H2,1H3. The Hall–Kier alpha value is -0.170. The Balaban J connectivity index is 1.89. The highest BCUT2D eigenvalue weighted by Crippen LogP contribution is 2.24. The van der Waals surface area contributed by atoms with E-state index in [1.165, 1.54) is 10.7 Å². The second-order valence-electron chi connectivity index (χ2n) is 5.36. The van der Waals surface area contributed by atoms with Crippen molar-refractivity contribution in [2.45, 2.75) is 63.1 Å². The van der Waals surface area contributed by atoms with Crippen LogP contribution in [0.3, 0.4) is 0 Å². The highest BCUT2D eigenvalue weighted by molar-refractivity contribution is 7.87. The van der Waals surface area contributed by atoms with E-state index in [0.717, 1.165) is 38.5 Å². The third-order valence-corrected chi connectivity index (χ3v) is 5.65. The molecule has 0 unspecified atom stereocenters. The molecule has 5 nitrogen and oxygen atoms in total. The Morgan fingerprint density at radius 1 is 1.18 bits per heavy atom. The van der Waals surface area contributed by atoms with Gasteiger partial charge in [-0.15, -0.1) is 0 Å². The zero-order valence-electron chi connectivity index (χ0n) is 10.4. The predicted molar refractivity (Wildman–Crippen MR) is 67.7 cm³/mol. The first kappa shape index (κ1) is 13.3. The highest BCUT2D eigenvalue weighted by Gasteiger charge is 2.33. The van der Waals surface area contributed by atoms with Crippen LogP contribution in [0.4, 0.5) is 0 Å². The molecule has 0 spiro atoms. The van der Waals surface area contributed by atoms with E-state index in [4.69, 9.17) is 5.73 Å². The molecule has 2 fully saturated rings. The molecule has 0 heterocycles. The van der Waals surface area contributed by atoms with Crippen LogP contribution in [0.15, 0.2) is 0 Å². The zero-order valence-corrected chi connectivity index (χ0v) is 11.2. The molecule has 2 rings (SSSR count). The summed E-state index contributed by atoms with van der Waals surface area (Å²) in [4.78, 5) is 0. The van der Waals surface area contributed by atoms with E-state index < -0.39 is 10.2 Å². The maximum absolute atomic E-state index is 12.1. The van der Waals surface area contributed by atoms with E-state index in [2.05, 4.69) is 4.72 Å². The minimum absolute atomic E-state index is 0.0426. The lowest BCUT2D eigenvalue weighted by atomic mass is 9.89. The molecule has 2 saturated carbocycles. The van der Waals surface area contributed by atoms with Crippen LogP contribution in [-0.4, -0.2) is 37.9 Å². The molecule has 0 aromatic heterocycles. The summed E-state index contributed by atoms with van der Waals surface area (Å²) in [6, 6.07) is 0.388. The monoisotopic (exact) mass is 261 g/mol. The summed E-state index contributed by atoms with van der Waals surface area (Å²) in [7, 11) is -1.62. The van der Waals surface area contributed by atoms with Crippen molar-refractivity contribution in [1.82, 2.24) is 9.03 Å². The fourth-order valence-corrected chi connectivity index (χ4v) is 4.08. The summed E-state index contributed by atoms with van der Waals surface area (Å²) in [6.45, 7) is 0. The molecule has 0 bridgehead atoms. The Kier molecular flexibility index (Phi) is 4.07. The summed E-state index contributed by atoms with van der Waals surface area (Å²) < 4.78 is 28.5. The fourth-order valence-electron chi connectivity index (χ4n) is 2.69. The van der Waals surface area contributed by atoms with Gasteiger partial charge in [0.05, 0.1) is 0 Å². The summed E-state index contributed by atoms with van der Waals surface area (Å²) in [5, 5.41) is 0. The number of rotatable bonds is 4. The minimum atomic E-state index is -3.32. The first-order valence-electron chi connectivity index (χ1n) is 6.50. The van der Waals surface area contributed by atoms with Crippen LogP contribution in [0.5, 0.6) is 0 Å². The van der Waals surface area contributed by atoms with Gasteiger partial charge in [0.15, 0.2) is 0 Å². The van der Waals surface area contributed by atoms with Gasteiger partial charge in [-0.1, -0.05) is 19.3 Å². The van der Waals surface area contributed by atoms with Crippen molar-refractivity contribution in [1.29, 1.82) is 0 Å². The van der Waals surface area contributed by atoms with Crippen molar-refractivity contribution in [3.63, 3.8) is 0 Å². The van der Waals surface area contributed by atoms with Gasteiger partial charge >= 0.3 is 0 Å². The number of hydrogen-bond donors (Lipinski definition) is 2. The first-order chi connectivity index (χ1) is 7.99. The Labute approximate surface area is 104 Å². The van der Waals surface area contributed by atoms with Gasteiger partial charge in [0.25, 0.3) is 10.2 Å². The predicted octanol–water partition coefficient (Wildman–Crippen LogP) is 0.575. The molecule has 0 saturated heterocycles. The number of nitrogens with zero attached hydrogens (tertiary/aromatic N) is 1. The van der Waals surface area contributed by atoms with E-state index in [1.54, 1.807) is 7.05 Å². The minimum Gasteiger partial charge on any atom is -0.328 e. The van der Waals surface area contributed by atoms with Gasteiger partial charge in [0.1, 0.15) is 0 Å². The van der Waals surface area contributed by atoms with Crippen LogP contribution < -0.4 is 10.5 Å². The van der Waals surface area contributed by atoms with Gasteiger partial charge in [0.2, 0.25) is 0 Å². The Bertz CT molecular complexity index is 346. The lowest BCUT2D eigenvalue weighted by molar-refractivity contribution is 0.270. The van der Waals surface area contributed by atoms with Crippen LogP contribution in [0.25, 0.3) is 0 Å². The molecule has 0 aliphatic heterocycles. The van der Waals surface area contributed by atoms with E-state index >= 15 is 0 Å². The van der Waals surface area contributed by atoms with Crippen molar-refractivity contribution in [2.24, 2.45) is 5.73 Å². The van der Waals surface area contributed by atoms with Gasteiger partial charge in [-0.3, -0.25) is 0 Å². The Morgan fingerprint density at radius 2 is 1.76 bits per heavy atom. The largest absolute Gasteiger partial charge is 0.328 e. The third kappa shape index (κ3) is 3.19. The molecule has 0 radical (unpaired) electrons. The topological polar surface area (TPSA) is 75.4 Å². The molecule has 3 N–H and O–H groups in total. The average molecular weight is 261 g/mol. The average Bonchev–Trinajstić information content (AvgIpc) is 2.27. The van der Waals surface area contributed by atoms with Crippen LogP contribution in [0.2, 0.25) is 0 Å². The second kappa shape index (κ2) is 5.22. The molecule has 2 aliphatic carbocycles. The molecular formula is C11H23N3O2S. The molecular weight excluding hydrogens is 238 g/mol. The molecule has 2 aliphatic rings. The SMILES string of the molecule is CN(C1CCCCC1)S(=O)(=O)NC1CC(N)C1. The fraction of sp³-hybridized carbons (Fsp3) is 1.00. The van der Waals surface area contributed by atoms with E-state index in [9.17, 15) is 8.42 Å². The van der Waals surface area contributed by atoms with Crippen molar-refractivity contribution >= 4 is 10.2 Å². The van der Waals surface area contributed by atoms with Crippen LogP contribution in [-0.2, 0) is 10.2 Å². The lowest BCUT2D eigenvalue weighted by Crippen LogP contribution is -2.54. The van der Waals surface area contributed by atoms with E-state index in [0.29, 0.717) is 0 Å². The zero-order chi connectivity index (χ0) is 12.5. The van der Waals surface area contributed by atoms with Crippen molar-refractivity contribution < 1.29 is 8.42 Å². The molecule has 17 heavy (non-hydrogen) atoms. The summed E-state index contributed by atoms with van der Waals surface area (Å²) in [5.41, 5.74) is 5.66. The van der Waals surface area contributed by atoms with Crippen LogP contribution in [0.1, 0.15) is 44.9 Å². The second-order valence-corrected chi connectivity index (χ2v) is 7.12. The van der Waals surface area contributed by atoms with Crippen molar-refractivity contribution in [3.05, 3.63) is 0 Å². The van der Waals surface area contributed by atoms with Gasteiger partial charge in [-0.05, 0) is 25.7 Å². The van der Waals surface area contributed by atoms with E-state index in [1.807, 2.05) is 0 Å².